The standard InChI is InChI=1S/C21H17Cl2FN2O5S/c1-30-20-8-2-13(22)10-18(20)25-21(27)12-31-19-9-7-16(11-17(19)23)32(28,29)26-15-5-3-14(24)4-6-15/h2-11,26H,12H2,1H3,(H,25,27). The maximum absolute atomic E-state index is 13.0. The maximum Gasteiger partial charge on any atom is 0.262 e. The molecule has 0 spiro atoms. The van der Waals surface area contributed by atoms with Crippen molar-refractivity contribution < 1.29 is 27.1 Å². The average molecular weight is 499 g/mol. The van der Waals surface area contributed by atoms with Crippen molar-refractivity contribution in [2.45, 2.75) is 4.90 Å². The fraction of sp³-hybridized carbons (Fsp3) is 0.0952. The number of sulfonamides is 1. The summed E-state index contributed by atoms with van der Waals surface area (Å²) in [5.74, 6) is -0.462. The number of carbonyl (C=O) groups is 1. The topological polar surface area (TPSA) is 93.7 Å². The highest BCUT2D eigenvalue weighted by Crippen LogP contribution is 2.29. The molecule has 3 aromatic carbocycles. The van der Waals surface area contributed by atoms with Crippen molar-refractivity contribution in [3.63, 3.8) is 0 Å². The van der Waals surface area contributed by atoms with Gasteiger partial charge < -0.3 is 14.8 Å². The van der Waals surface area contributed by atoms with Crippen molar-refractivity contribution in [1.82, 2.24) is 0 Å². The molecule has 0 saturated heterocycles. The fourth-order valence-electron chi connectivity index (χ4n) is 2.61. The van der Waals surface area contributed by atoms with E-state index in [4.69, 9.17) is 32.7 Å². The quantitative estimate of drug-likeness (QED) is 0.457. The van der Waals surface area contributed by atoms with Crippen LogP contribution in [-0.4, -0.2) is 28.0 Å². The first kappa shape index (κ1) is 23.6. The van der Waals surface area contributed by atoms with Crippen molar-refractivity contribution in [3.8, 4) is 11.5 Å². The molecule has 0 saturated carbocycles. The van der Waals surface area contributed by atoms with Gasteiger partial charge in [0, 0.05) is 10.7 Å². The number of hydrogen-bond donors (Lipinski definition) is 2. The van der Waals surface area contributed by atoms with Crippen molar-refractivity contribution in [2.75, 3.05) is 23.8 Å². The van der Waals surface area contributed by atoms with Crippen LogP contribution in [-0.2, 0) is 14.8 Å². The molecule has 0 atom stereocenters. The number of amides is 1. The van der Waals surface area contributed by atoms with E-state index in [2.05, 4.69) is 10.0 Å². The number of halogens is 3. The number of nitrogens with one attached hydrogen (secondary N) is 2. The number of methoxy groups -OCH3 is 1. The molecule has 2 N–H and O–H groups in total. The minimum Gasteiger partial charge on any atom is -0.495 e. The molecule has 0 aliphatic rings. The van der Waals surface area contributed by atoms with E-state index in [0.717, 1.165) is 12.1 Å². The smallest absolute Gasteiger partial charge is 0.262 e. The second-order valence-corrected chi connectivity index (χ2v) is 8.91. The molecule has 7 nitrogen and oxygen atoms in total. The van der Waals surface area contributed by atoms with Gasteiger partial charge in [-0.05, 0) is 60.7 Å². The summed E-state index contributed by atoms with van der Waals surface area (Å²) in [6.07, 6.45) is 0. The summed E-state index contributed by atoms with van der Waals surface area (Å²) in [6.45, 7) is -0.394. The zero-order valence-corrected chi connectivity index (χ0v) is 18.9. The van der Waals surface area contributed by atoms with Gasteiger partial charge >= 0.3 is 0 Å². The van der Waals surface area contributed by atoms with Crippen molar-refractivity contribution in [1.29, 1.82) is 0 Å². The zero-order chi connectivity index (χ0) is 23.3. The third-order valence-corrected chi connectivity index (χ3v) is 6.01. The number of rotatable bonds is 8. The van der Waals surface area contributed by atoms with E-state index >= 15 is 0 Å². The van der Waals surface area contributed by atoms with Crippen LogP contribution in [0.25, 0.3) is 0 Å². The third-order valence-electron chi connectivity index (χ3n) is 4.10. The summed E-state index contributed by atoms with van der Waals surface area (Å²) in [4.78, 5) is 12.1. The molecule has 0 unspecified atom stereocenters. The Morgan fingerprint density at radius 2 is 1.69 bits per heavy atom. The SMILES string of the molecule is COc1ccc(Cl)cc1NC(=O)COc1ccc(S(=O)(=O)Nc2ccc(F)cc2)cc1Cl. The maximum atomic E-state index is 13.0. The van der Waals surface area contributed by atoms with Crippen molar-refractivity contribution in [2.24, 2.45) is 0 Å². The van der Waals surface area contributed by atoms with Crippen molar-refractivity contribution in [3.05, 3.63) is 76.5 Å². The second kappa shape index (κ2) is 10.1. The molecule has 3 aromatic rings. The Labute approximate surface area is 194 Å². The van der Waals surface area contributed by atoms with Crippen LogP contribution in [0.5, 0.6) is 11.5 Å². The van der Waals surface area contributed by atoms with Gasteiger partial charge in [-0.2, -0.15) is 0 Å². The molecule has 168 valence electrons. The van der Waals surface area contributed by atoms with Crippen LogP contribution in [0.1, 0.15) is 0 Å². The molecule has 3 rings (SSSR count). The summed E-state index contributed by atoms with van der Waals surface area (Å²) in [5.41, 5.74) is 0.559. The monoisotopic (exact) mass is 498 g/mol. The first-order valence-corrected chi connectivity index (χ1v) is 11.3. The molecule has 0 aliphatic carbocycles. The Balaban J connectivity index is 1.65. The first-order valence-electron chi connectivity index (χ1n) is 9.02. The minimum absolute atomic E-state index is 0.0138. The lowest BCUT2D eigenvalue weighted by atomic mass is 10.3. The summed E-state index contributed by atoms with van der Waals surface area (Å²) >= 11 is 12.1. The van der Waals surface area contributed by atoms with Gasteiger partial charge in [-0.1, -0.05) is 23.2 Å². The van der Waals surface area contributed by atoms with Gasteiger partial charge in [0.2, 0.25) is 0 Å². The number of carbonyl (C=O) groups excluding carboxylic acids is 1. The average Bonchev–Trinajstić information content (AvgIpc) is 2.74. The van der Waals surface area contributed by atoms with E-state index in [9.17, 15) is 17.6 Å². The molecule has 11 heteroatoms. The Hall–Kier alpha value is -3.01. The number of benzene rings is 3. The van der Waals surface area contributed by atoms with Crippen molar-refractivity contribution >= 4 is 50.5 Å². The van der Waals surface area contributed by atoms with Gasteiger partial charge in [0.25, 0.3) is 15.9 Å². The molecular formula is C21H17Cl2FN2O5S. The van der Waals surface area contributed by atoms with Gasteiger partial charge in [-0.15, -0.1) is 0 Å². The predicted octanol–water partition coefficient (Wildman–Crippen LogP) is 4.96. The number of ether oxygens (including phenoxy) is 2. The third kappa shape index (κ3) is 6.03. The van der Waals surface area contributed by atoms with Crippen LogP contribution in [0.3, 0.4) is 0 Å². The highest BCUT2D eigenvalue weighted by Gasteiger charge is 2.17. The Morgan fingerprint density at radius 1 is 1.00 bits per heavy atom. The van der Waals surface area contributed by atoms with E-state index in [0.29, 0.717) is 16.5 Å². The van der Waals surface area contributed by atoms with Crippen LogP contribution in [0.15, 0.2) is 65.6 Å². The molecule has 0 bridgehead atoms. The van der Waals surface area contributed by atoms with Crippen LogP contribution >= 0.6 is 23.2 Å². The lowest BCUT2D eigenvalue weighted by molar-refractivity contribution is -0.118. The van der Waals surface area contributed by atoms with Crippen LogP contribution < -0.4 is 19.5 Å². The van der Waals surface area contributed by atoms with Crippen LogP contribution in [0.4, 0.5) is 15.8 Å². The fourth-order valence-corrected chi connectivity index (χ4v) is 4.16. The minimum atomic E-state index is -3.97. The number of hydrogen-bond acceptors (Lipinski definition) is 5. The molecule has 0 aliphatic heterocycles. The van der Waals surface area contributed by atoms with E-state index < -0.39 is 28.4 Å². The Kier molecular flexibility index (Phi) is 7.44. The summed E-state index contributed by atoms with van der Waals surface area (Å²) < 4.78 is 50.9. The highest BCUT2D eigenvalue weighted by atomic mass is 35.5. The Bertz CT molecular complexity index is 1240. The lowest BCUT2D eigenvalue weighted by Gasteiger charge is -2.13. The van der Waals surface area contributed by atoms with Crippen LogP contribution in [0, 0.1) is 5.82 Å². The molecule has 32 heavy (non-hydrogen) atoms. The molecule has 0 aromatic heterocycles. The lowest BCUT2D eigenvalue weighted by Crippen LogP contribution is -2.20. The predicted molar refractivity (Wildman–Crippen MR) is 121 cm³/mol. The number of anilines is 2. The van der Waals surface area contributed by atoms with Gasteiger partial charge in [0.15, 0.2) is 6.61 Å². The summed E-state index contributed by atoms with van der Waals surface area (Å²) in [7, 11) is -2.51. The Morgan fingerprint density at radius 3 is 2.34 bits per heavy atom. The second-order valence-electron chi connectivity index (χ2n) is 6.39. The normalized spacial score (nSPS) is 11.0. The van der Waals surface area contributed by atoms with Gasteiger partial charge in [0.1, 0.15) is 17.3 Å². The van der Waals surface area contributed by atoms with Crippen LogP contribution in [0.2, 0.25) is 10.0 Å². The van der Waals surface area contributed by atoms with E-state index in [-0.39, 0.29) is 21.4 Å². The van der Waals surface area contributed by atoms with E-state index in [1.54, 1.807) is 12.1 Å². The van der Waals surface area contributed by atoms with Gasteiger partial charge in [-0.25, -0.2) is 12.8 Å². The highest BCUT2D eigenvalue weighted by molar-refractivity contribution is 7.92. The molecule has 0 radical (unpaired) electrons. The largest absolute Gasteiger partial charge is 0.495 e. The molecular weight excluding hydrogens is 482 g/mol. The van der Waals surface area contributed by atoms with Gasteiger partial charge in [-0.3, -0.25) is 9.52 Å². The van der Waals surface area contributed by atoms with Gasteiger partial charge in [0.05, 0.1) is 22.7 Å². The zero-order valence-electron chi connectivity index (χ0n) is 16.6. The molecule has 0 fully saturated rings. The first-order chi connectivity index (χ1) is 15.2. The molecule has 0 heterocycles. The summed E-state index contributed by atoms with van der Waals surface area (Å²) in [6, 6.07) is 13.4. The summed E-state index contributed by atoms with van der Waals surface area (Å²) in [5, 5.41) is 3.01. The van der Waals surface area contributed by atoms with E-state index in [1.165, 1.54) is 43.5 Å². The van der Waals surface area contributed by atoms with E-state index in [1.807, 2.05) is 0 Å². The molecule has 1 amide bonds.